The summed E-state index contributed by atoms with van der Waals surface area (Å²) in [7, 11) is -3.86. The molecular formula is C19H20Cl2N2O4S. The van der Waals surface area contributed by atoms with Gasteiger partial charge in [0.1, 0.15) is 4.90 Å². The fourth-order valence-corrected chi connectivity index (χ4v) is 4.54. The highest BCUT2D eigenvalue weighted by atomic mass is 35.5. The van der Waals surface area contributed by atoms with Crippen LogP contribution in [0.2, 0.25) is 10.0 Å². The highest BCUT2D eigenvalue weighted by Crippen LogP contribution is 2.23. The highest BCUT2D eigenvalue weighted by molar-refractivity contribution is 7.89. The van der Waals surface area contributed by atoms with Crippen molar-refractivity contribution >= 4 is 39.1 Å². The molecule has 1 saturated heterocycles. The number of halogens is 2. The van der Waals surface area contributed by atoms with E-state index in [9.17, 15) is 13.2 Å². The molecule has 1 fully saturated rings. The van der Waals surface area contributed by atoms with Gasteiger partial charge >= 0.3 is 0 Å². The smallest absolute Gasteiger partial charge is 0.251 e. The maximum Gasteiger partial charge on any atom is 0.251 e. The number of benzene rings is 2. The number of ether oxygens (including phenoxy) is 1. The summed E-state index contributed by atoms with van der Waals surface area (Å²) in [6.45, 7) is 1.10. The number of amides is 1. The summed E-state index contributed by atoms with van der Waals surface area (Å²) >= 11 is 11.9. The molecule has 0 saturated carbocycles. The van der Waals surface area contributed by atoms with E-state index in [-0.39, 0.29) is 34.7 Å². The molecule has 150 valence electrons. The average Bonchev–Trinajstić information content (AvgIpc) is 3.20. The van der Waals surface area contributed by atoms with Crippen molar-refractivity contribution in [3.63, 3.8) is 0 Å². The molecule has 1 aliphatic heterocycles. The van der Waals surface area contributed by atoms with Crippen LogP contribution in [0, 0.1) is 0 Å². The van der Waals surface area contributed by atoms with Crippen LogP contribution in [0.25, 0.3) is 0 Å². The highest BCUT2D eigenvalue weighted by Gasteiger charge is 2.23. The number of rotatable bonds is 7. The fourth-order valence-electron chi connectivity index (χ4n) is 2.82. The summed E-state index contributed by atoms with van der Waals surface area (Å²) in [6.07, 6.45) is 1.58. The van der Waals surface area contributed by atoms with Crippen LogP contribution < -0.4 is 10.0 Å². The van der Waals surface area contributed by atoms with Gasteiger partial charge in [-0.25, -0.2) is 13.1 Å². The number of hydrogen-bond acceptors (Lipinski definition) is 4. The van der Waals surface area contributed by atoms with E-state index in [2.05, 4.69) is 10.0 Å². The summed E-state index contributed by atoms with van der Waals surface area (Å²) in [6, 6.07) is 11.2. The Bertz CT molecular complexity index is 943. The van der Waals surface area contributed by atoms with Gasteiger partial charge in [-0.3, -0.25) is 4.79 Å². The van der Waals surface area contributed by atoms with Crippen molar-refractivity contribution in [2.24, 2.45) is 0 Å². The van der Waals surface area contributed by atoms with Gasteiger partial charge in [0.2, 0.25) is 10.0 Å². The van der Waals surface area contributed by atoms with Gasteiger partial charge < -0.3 is 10.1 Å². The molecule has 1 heterocycles. The van der Waals surface area contributed by atoms with Crippen LogP contribution in [-0.2, 0) is 21.3 Å². The Morgan fingerprint density at radius 3 is 2.57 bits per heavy atom. The standard InChI is InChI=1S/C19H20Cl2N2O4S/c20-15-6-3-13(4-7-15)11-22-19(24)14-5-8-17(21)18(10-14)28(25,26)23-12-16-2-1-9-27-16/h3-8,10,16,23H,1-2,9,11-12H2,(H,22,24). The number of carbonyl (C=O) groups excluding carboxylic acids is 1. The maximum absolute atomic E-state index is 12.6. The minimum absolute atomic E-state index is 0.0501. The summed E-state index contributed by atoms with van der Waals surface area (Å²) in [5.74, 6) is -0.401. The van der Waals surface area contributed by atoms with Gasteiger partial charge in [0, 0.05) is 30.3 Å². The second-order valence-corrected chi connectivity index (χ2v) is 9.02. The van der Waals surface area contributed by atoms with Gasteiger partial charge in [-0.15, -0.1) is 0 Å². The third-order valence-electron chi connectivity index (χ3n) is 4.37. The predicted molar refractivity (Wildman–Crippen MR) is 108 cm³/mol. The lowest BCUT2D eigenvalue weighted by Crippen LogP contribution is -2.32. The SMILES string of the molecule is O=C(NCc1ccc(Cl)cc1)c1ccc(Cl)c(S(=O)(=O)NCC2CCCO2)c1. The zero-order valence-electron chi connectivity index (χ0n) is 15.0. The summed E-state index contributed by atoms with van der Waals surface area (Å²) in [5, 5.41) is 3.41. The quantitative estimate of drug-likeness (QED) is 0.687. The van der Waals surface area contributed by atoms with Crippen molar-refractivity contribution < 1.29 is 17.9 Å². The molecule has 6 nitrogen and oxygen atoms in total. The first-order chi connectivity index (χ1) is 13.3. The Labute approximate surface area is 174 Å². The first-order valence-electron chi connectivity index (χ1n) is 8.78. The number of carbonyl (C=O) groups is 1. The topological polar surface area (TPSA) is 84.5 Å². The Hall–Kier alpha value is -1.64. The van der Waals surface area contributed by atoms with Gasteiger partial charge in [-0.05, 0) is 48.7 Å². The first kappa shape index (κ1) is 21.1. The molecule has 28 heavy (non-hydrogen) atoms. The van der Waals surface area contributed by atoms with Gasteiger partial charge in [0.05, 0.1) is 11.1 Å². The van der Waals surface area contributed by atoms with Gasteiger partial charge in [-0.2, -0.15) is 0 Å². The van der Waals surface area contributed by atoms with Crippen LogP contribution in [-0.4, -0.2) is 33.6 Å². The zero-order valence-corrected chi connectivity index (χ0v) is 17.3. The van der Waals surface area contributed by atoms with E-state index in [1.165, 1.54) is 18.2 Å². The van der Waals surface area contributed by atoms with Crippen LogP contribution in [0.15, 0.2) is 47.4 Å². The van der Waals surface area contributed by atoms with Crippen LogP contribution in [0.3, 0.4) is 0 Å². The third kappa shape index (κ3) is 5.46. The van der Waals surface area contributed by atoms with Crippen LogP contribution in [0.5, 0.6) is 0 Å². The monoisotopic (exact) mass is 442 g/mol. The molecule has 2 N–H and O–H groups in total. The lowest BCUT2D eigenvalue weighted by Gasteiger charge is -2.13. The minimum atomic E-state index is -3.86. The number of nitrogens with one attached hydrogen (secondary N) is 2. The molecule has 9 heteroatoms. The van der Waals surface area contributed by atoms with Gasteiger partial charge in [0.15, 0.2) is 0 Å². The Morgan fingerprint density at radius 1 is 1.14 bits per heavy atom. The zero-order chi connectivity index (χ0) is 20.1. The Balaban J connectivity index is 1.68. The van der Waals surface area contributed by atoms with Crippen LogP contribution >= 0.6 is 23.2 Å². The van der Waals surface area contributed by atoms with E-state index in [0.29, 0.717) is 11.6 Å². The largest absolute Gasteiger partial charge is 0.377 e. The average molecular weight is 443 g/mol. The molecule has 2 aromatic rings. The Kier molecular flexibility index (Phi) is 6.95. The lowest BCUT2D eigenvalue weighted by atomic mass is 10.2. The molecule has 3 rings (SSSR count). The molecule has 2 aromatic carbocycles. The first-order valence-corrected chi connectivity index (χ1v) is 11.0. The molecule has 0 radical (unpaired) electrons. The molecule has 1 atom stereocenters. The molecule has 0 bridgehead atoms. The van der Waals surface area contributed by atoms with E-state index in [1.807, 2.05) is 0 Å². The maximum atomic E-state index is 12.6. The molecule has 1 unspecified atom stereocenters. The number of sulfonamides is 1. The van der Waals surface area contributed by atoms with E-state index >= 15 is 0 Å². The van der Waals surface area contributed by atoms with Crippen LogP contribution in [0.1, 0.15) is 28.8 Å². The van der Waals surface area contributed by atoms with E-state index in [4.69, 9.17) is 27.9 Å². The van der Waals surface area contributed by atoms with Crippen molar-refractivity contribution in [3.05, 3.63) is 63.6 Å². The predicted octanol–water partition coefficient (Wildman–Crippen LogP) is 3.38. The second-order valence-electron chi connectivity index (χ2n) is 6.44. The van der Waals surface area contributed by atoms with Crippen molar-refractivity contribution in [3.8, 4) is 0 Å². The van der Waals surface area contributed by atoms with Crippen molar-refractivity contribution in [1.82, 2.24) is 10.0 Å². The summed E-state index contributed by atoms with van der Waals surface area (Å²) in [5.41, 5.74) is 1.08. The van der Waals surface area contributed by atoms with Crippen molar-refractivity contribution in [2.45, 2.75) is 30.4 Å². The summed E-state index contributed by atoms with van der Waals surface area (Å²) < 4.78 is 33.1. The minimum Gasteiger partial charge on any atom is -0.377 e. The van der Waals surface area contributed by atoms with Crippen molar-refractivity contribution in [2.75, 3.05) is 13.2 Å². The third-order valence-corrected chi connectivity index (χ3v) is 6.53. The molecule has 0 aromatic heterocycles. The number of hydrogen-bond donors (Lipinski definition) is 2. The van der Waals surface area contributed by atoms with Gasteiger partial charge in [-0.1, -0.05) is 35.3 Å². The molecule has 0 spiro atoms. The summed E-state index contributed by atoms with van der Waals surface area (Å²) in [4.78, 5) is 12.3. The molecular weight excluding hydrogens is 423 g/mol. The normalized spacial score (nSPS) is 16.9. The van der Waals surface area contributed by atoms with Gasteiger partial charge in [0.25, 0.3) is 5.91 Å². The lowest BCUT2D eigenvalue weighted by molar-refractivity contribution is 0.0950. The molecule has 1 aliphatic rings. The second kappa shape index (κ2) is 9.24. The van der Waals surface area contributed by atoms with E-state index in [0.717, 1.165) is 18.4 Å². The van der Waals surface area contributed by atoms with Crippen molar-refractivity contribution in [1.29, 1.82) is 0 Å². The van der Waals surface area contributed by atoms with Crippen LogP contribution in [0.4, 0.5) is 0 Å². The Morgan fingerprint density at radius 2 is 1.89 bits per heavy atom. The van der Waals surface area contributed by atoms with E-state index in [1.54, 1.807) is 24.3 Å². The molecule has 1 amide bonds. The van der Waals surface area contributed by atoms with E-state index < -0.39 is 15.9 Å². The molecule has 0 aliphatic carbocycles. The fraction of sp³-hybridized carbons (Fsp3) is 0.316.